The quantitative estimate of drug-likeness (QED) is 0.668. The fourth-order valence-corrected chi connectivity index (χ4v) is 2.13. The van der Waals surface area contributed by atoms with E-state index in [9.17, 15) is 0 Å². The monoisotopic (exact) mass is 324 g/mol. The molecule has 2 aromatic carbocycles. The lowest BCUT2D eigenvalue weighted by atomic mass is 10.1. The molecule has 94 valence electrons. The number of rotatable bonds is 3. The molecule has 0 N–H and O–H groups in total. The summed E-state index contributed by atoms with van der Waals surface area (Å²) in [6.45, 7) is 4.07. The van der Waals surface area contributed by atoms with Crippen LogP contribution in [0.1, 0.15) is 16.7 Å². The van der Waals surface area contributed by atoms with Crippen LogP contribution in [0.2, 0.25) is 0 Å². The van der Waals surface area contributed by atoms with Crippen LogP contribution in [0.5, 0.6) is 11.5 Å². The molecule has 0 saturated heterocycles. The van der Waals surface area contributed by atoms with E-state index in [1.807, 2.05) is 50.2 Å². The third-order valence-electron chi connectivity index (χ3n) is 2.75. The van der Waals surface area contributed by atoms with Crippen LogP contribution in [0.25, 0.3) is 0 Å². The van der Waals surface area contributed by atoms with Gasteiger partial charge in [0.1, 0.15) is 11.5 Å². The van der Waals surface area contributed by atoms with Gasteiger partial charge in [-0.3, -0.25) is 0 Å². The summed E-state index contributed by atoms with van der Waals surface area (Å²) >= 11 is 9.28. The van der Waals surface area contributed by atoms with Crippen LogP contribution < -0.4 is 4.74 Å². The maximum absolute atomic E-state index is 5.88. The van der Waals surface area contributed by atoms with Gasteiger partial charge in [0.25, 0.3) is 0 Å². The van der Waals surface area contributed by atoms with Crippen LogP contribution in [0, 0.1) is 13.8 Å². The van der Waals surface area contributed by atoms with Crippen molar-refractivity contribution in [2.45, 2.75) is 19.7 Å². The zero-order valence-corrected chi connectivity index (χ0v) is 12.7. The van der Waals surface area contributed by atoms with Gasteiger partial charge in [0.05, 0.1) is 0 Å². The molecule has 0 aromatic heterocycles. The maximum atomic E-state index is 5.88. The van der Waals surface area contributed by atoms with E-state index in [0.717, 1.165) is 32.7 Å². The van der Waals surface area contributed by atoms with Crippen molar-refractivity contribution in [3.8, 4) is 11.5 Å². The molecular formula is C15H14BrClO. The molecule has 0 radical (unpaired) electrons. The molecule has 18 heavy (non-hydrogen) atoms. The molecule has 0 aliphatic carbocycles. The van der Waals surface area contributed by atoms with Crippen LogP contribution in [0.15, 0.2) is 40.9 Å². The smallest absolute Gasteiger partial charge is 0.130 e. The maximum Gasteiger partial charge on any atom is 0.130 e. The lowest BCUT2D eigenvalue weighted by Gasteiger charge is -2.10. The molecule has 3 heteroatoms. The second-order valence-corrected chi connectivity index (χ2v) is 5.37. The number of alkyl halides is 1. The first-order valence-corrected chi connectivity index (χ1v) is 7.02. The fourth-order valence-electron chi connectivity index (χ4n) is 1.72. The van der Waals surface area contributed by atoms with E-state index in [1.54, 1.807) is 0 Å². The van der Waals surface area contributed by atoms with Crippen molar-refractivity contribution in [3.05, 3.63) is 57.6 Å². The molecule has 0 bridgehead atoms. The van der Waals surface area contributed by atoms with E-state index >= 15 is 0 Å². The minimum absolute atomic E-state index is 0.526. The molecule has 0 saturated carbocycles. The Balaban J connectivity index is 2.25. The third kappa shape index (κ3) is 3.06. The summed E-state index contributed by atoms with van der Waals surface area (Å²) in [6, 6.07) is 12.0. The average molecular weight is 326 g/mol. The Bertz CT molecular complexity index is 566. The van der Waals surface area contributed by atoms with E-state index in [-0.39, 0.29) is 0 Å². The summed E-state index contributed by atoms with van der Waals surface area (Å²) in [5, 5.41) is 0. The zero-order valence-electron chi connectivity index (χ0n) is 10.3. The first-order chi connectivity index (χ1) is 8.60. The molecule has 2 rings (SSSR count). The van der Waals surface area contributed by atoms with Crippen molar-refractivity contribution in [3.63, 3.8) is 0 Å². The largest absolute Gasteiger partial charge is 0.457 e. The number of aryl methyl sites for hydroxylation is 2. The Morgan fingerprint density at radius 1 is 1.06 bits per heavy atom. The minimum atomic E-state index is 0.526. The second kappa shape index (κ2) is 5.77. The predicted molar refractivity (Wildman–Crippen MR) is 79.7 cm³/mol. The van der Waals surface area contributed by atoms with Gasteiger partial charge in [0, 0.05) is 10.4 Å². The molecule has 2 aromatic rings. The first-order valence-electron chi connectivity index (χ1n) is 5.69. The number of halogens is 2. The summed E-state index contributed by atoms with van der Waals surface area (Å²) in [5.41, 5.74) is 3.35. The van der Waals surface area contributed by atoms with Gasteiger partial charge in [0.15, 0.2) is 0 Å². The summed E-state index contributed by atoms with van der Waals surface area (Å²) in [4.78, 5) is 0. The highest BCUT2D eigenvalue weighted by molar-refractivity contribution is 9.10. The first kappa shape index (κ1) is 13.4. The molecule has 0 aliphatic rings. The van der Waals surface area contributed by atoms with Crippen molar-refractivity contribution < 1.29 is 4.74 Å². The number of hydrogen-bond donors (Lipinski definition) is 0. The zero-order chi connectivity index (χ0) is 13.1. The average Bonchev–Trinajstić information content (AvgIpc) is 2.36. The van der Waals surface area contributed by atoms with Gasteiger partial charge in [-0.05, 0) is 54.8 Å². The van der Waals surface area contributed by atoms with Crippen LogP contribution >= 0.6 is 27.5 Å². The van der Waals surface area contributed by atoms with Crippen molar-refractivity contribution >= 4 is 27.5 Å². The van der Waals surface area contributed by atoms with E-state index in [2.05, 4.69) is 15.9 Å². The molecule has 0 amide bonds. The Labute approximate surface area is 121 Å². The third-order valence-corrected chi connectivity index (χ3v) is 3.95. The van der Waals surface area contributed by atoms with Gasteiger partial charge in [-0.1, -0.05) is 28.1 Å². The standard InChI is InChI=1S/C15H14BrClO/c1-10-8-13(4-5-14(10)16)18-15-6-3-12(9-17)7-11(15)2/h3-8H,9H2,1-2H3. The summed E-state index contributed by atoms with van der Waals surface area (Å²) < 4.78 is 6.97. The molecular weight excluding hydrogens is 312 g/mol. The van der Waals surface area contributed by atoms with Crippen molar-refractivity contribution in [2.24, 2.45) is 0 Å². The Morgan fingerprint density at radius 3 is 2.44 bits per heavy atom. The molecule has 0 heterocycles. The van der Waals surface area contributed by atoms with E-state index in [1.165, 1.54) is 0 Å². The van der Waals surface area contributed by atoms with Gasteiger partial charge >= 0.3 is 0 Å². The van der Waals surface area contributed by atoms with Crippen molar-refractivity contribution in [1.82, 2.24) is 0 Å². The fraction of sp³-hybridized carbons (Fsp3) is 0.200. The summed E-state index contributed by atoms with van der Waals surface area (Å²) in [6.07, 6.45) is 0. The van der Waals surface area contributed by atoms with Gasteiger partial charge < -0.3 is 4.74 Å². The number of hydrogen-bond acceptors (Lipinski definition) is 1. The SMILES string of the molecule is Cc1cc(Oc2ccc(CCl)cc2C)ccc1Br. The van der Waals surface area contributed by atoms with E-state index in [0.29, 0.717) is 5.88 Å². The Morgan fingerprint density at radius 2 is 1.83 bits per heavy atom. The van der Waals surface area contributed by atoms with Crippen LogP contribution in [-0.4, -0.2) is 0 Å². The number of benzene rings is 2. The topological polar surface area (TPSA) is 9.23 Å². The molecule has 0 unspecified atom stereocenters. The van der Waals surface area contributed by atoms with Crippen molar-refractivity contribution in [1.29, 1.82) is 0 Å². The van der Waals surface area contributed by atoms with Crippen LogP contribution in [0.4, 0.5) is 0 Å². The van der Waals surface area contributed by atoms with Crippen LogP contribution in [-0.2, 0) is 5.88 Å². The normalized spacial score (nSPS) is 10.4. The molecule has 0 aliphatic heterocycles. The Hall–Kier alpha value is -0.990. The predicted octanol–water partition coefficient (Wildman–Crippen LogP) is 5.60. The molecule has 0 atom stereocenters. The highest BCUT2D eigenvalue weighted by Gasteiger charge is 2.04. The second-order valence-electron chi connectivity index (χ2n) is 4.25. The molecule has 1 nitrogen and oxygen atoms in total. The Kier molecular flexibility index (Phi) is 4.31. The minimum Gasteiger partial charge on any atom is -0.457 e. The summed E-state index contributed by atoms with van der Waals surface area (Å²) in [7, 11) is 0. The summed E-state index contributed by atoms with van der Waals surface area (Å²) in [5.74, 6) is 2.24. The lowest BCUT2D eigenvalue weighted by molar-refractivity contribution is 0.478. The number of ether oxygens (including phenoxy) is 1. The van der Waals surface area contributed by atoms with Gasteiger partial charge in [-0.25, -0.2) is 0 Å². The highest BCUT2D eigenvalue weighted by atomic mass is 79.9. The van der Waals surface area contributed by atoms with Crippen molar-refractivity contribution in [2.75, 3.05) is 0 Å². The molecule has 0 fully saturated rings. The van der Waals surface area contributed by atoms with Gasteiger partial charge in [-0.2, -0.15) is 0 Å². The lowest BCUT2D eigenvalue weighted by Crippen LogP contribution is -1.90. The van der Waals surface area contributed by atoms with E-state index in [4.69, 9.17) is 16.3 Å². The van der Waals surface area contributed by atoms with Crippen LogP contribution in [0.3, 0.4) is 0 Å². The van der Waals surface area contributed by atoms with Gasteiger partial charge in [-0.15, -0.1) is 11.6 Å². The highest BCUT2D eigenvalue weighted by Crippen LogP contribution is 2.28. The van der Waals surface area contributed by atoms with Gasteiger partial charge in [0.2, 0.25) is 0 Å². The molecule has 0 spiro atoms. The van der Waals surface area contributed by atoms with E-state index < -0.39 is 0 Å².